The van der Waals surface area contributed by atoms with Crippen LogP contribution in [0.1, 0.15) is 18.0 Å². The number of aromatic nitrogens is 2. The number of para-hydroxylation sites is 1. The normalized spacial score (nSPS) is 12.2. The van der Waals surface area contributed by atoms with Gasteiger partial charge in [0.05, 0.1) is 27.7 Å². The van der Waals surface area contributed by atoms with Crippen molar-refractivity contribution in [2.45, 2.75) is 17.3 Å². The van der Waals surface area contributed by atoms with Crippen LogP contribution in [0.25, 0.3) is 21.5 Å². The second-order valence-corrected chi connectivity index (χ2v) is 9.50. The Morgan fingerprint density at radius 2 is 1.86 bits per heavy atom. The summed E-state index contributed by atoms with van der Waals surface area (Å²) < 4.78 is 2.06. The van der Waals surface area contributed by atoms with Gasteiger partial charge in [-0.1, -0.05) is 54.2 Å². The molecule has 0 spiro atoms. The van der Waals surface area contributed by atoms with Crippen molar-refractivity contribution in [3.8, 4) is 11.3 Å². The van der Waals surface area contributed by atoms with E-state index in [1.807, 2.05) is 67.9 Å². The third-order valence-electron chi connectivity index (χ3n) is 4.51. The monoisotopic (exact) mass is 425 g/mol. The van der Waals surface area contributed by atoms with Crippen molar-refractivity contribution in [1.82, 2.24) is 14.9 Å². The van der Waals surface area contributed by atoms with Crippen LogP contribution in [0.2, 0.25) is 0 Å². The molecule has 0 fully saturated rings. The summed E-state index contributed by atoms with van der Waals surface area (Å²) in [6.45, 7) is 2.02. The highest BCUT2D eigenvalue weighted by Crippen LogP contribution is 2.31. The van der Waals surface area contributed by atoms with Gasteiger partial charge in [0.15, 0.2) is 4.34 Å². The third kappa shape index (κ3) is 4.11. The van der Waals surface area contributed by atoms with Crippen LogP contribution in [-0.2, 0) is 4.79 Å². The zero-order valence-corrected chi connectivity index (χ0v) is 18.0. The van der Waals surface area contributed by atoms with Crippen LogP contribution >= 0.6 is 34.4 Å². The van der Waals surface area contributed by atoms with Crippen molar-refractivity contribution in [3.05, 3.63) is 65.0 Å². The standard InChI is InChI=1S/C21H19N3OS3/c1-14(20-22-16-10-6-7-11-18(16)28-20)24(2)19(25)13-27-21-23-17(12-26-21)15-8-4-3-5-9-15/h3-12,14H,13H2,1-2H3. The number of amides is 1. The van der Waals surface area contributed by atoms with Crippen molar-refractivity contribution in [2.75, 3.05) is 12.8 Å². The van der Waals surface area contributed by atoms with Crippen LogP contribution < -0.4 is 0 Å². The smallest absolute Gasteiger partial charge is 0.233 e. The van der Waals surface area contributed by atoms with Crippen molar-refractivity contribution in [2.24, 2.45) is 0 Å². The molecular weight excluding hydrogens is 406 g/mol. The SMILES string of the molecule is CC(c1nc2ccccc2s1)N(C)C(=O)CSc1nc(-c2ccccc2)cs1. The van der Waals surface area contributed by atoms with E-state index in [2.05, 4.69) is 16.0 Å². The van der Waals surface area contributed by atoms with Crippen LogP contribution in [0.15, 0.2) is 64.3 Å². The average molecular weight is 426 g/mol. The second kappa shape index (κ2) is 8.43. The molecule has 1 unspecified atom stereocenters. The lowest BCUT2D eigenvalue weighted by molar-refractivity contribution is -0.128. The maximum atomic E-state index is 12.7. The summed E-state index contributed by atoms with van der Waals surface area (Å²) in [6.07, 6.45) is 0. The van der Waals surface area contributed by atoms with Crippen LogP contribution in [0, 0.1) is 0 Å². The zero-order valence-electron chi connectivity index (χ0n) is 15.5. The first-order valence-corrected chi connectivity index (χ1v) is 11.5. The Kier molecular flexibility index (Phi) is 5.75. The topological polar surface area (TPSA) is 46.1 Å². The van der Waals surface area contributed by atoms with Gasteiger partial charge in [-0.2, -0.15) is 0 Å². The molecule has 0 aliphatic heterocycles. The van der Waals surface area contributed by atoms with E-state index in [1.165, 1.54) is 11.8 Å². The molecule has 0 bridgehead atoms. The van der Waals surface area contributed by atoms with E-state index < -0.39 is 0 Å². The number of carbonyl (C=O) groups is 1. The Hall–Kier alpha value is -2.22. The summed E-state index contributed by atoms with van der Waals surface area (Å²) in [6, 6.07) is 18.1. The molecule has 2 aromatic carbocycles. The van der Waals surface area contributed by atoms with E-state index >= 15 is 0 Å². The number of thiazole rings is 2. The molecule has 2 aromatic heterocycles. The molecule has 4 aromatic rings. The molecule has 2 heterocycles. The Labute approximate surface area is 176 Å². The van der Waals surface area contributed by atoms with Gasteiger partial charge in [0.1, 0.15) is 5.01 Å². The molecule has 0 N–H and O–H groups in total. The molecule has 4 nitrogen and oxygen atoms in total. The number of benzene rings is 2. The fourth-order valence-electron chi connectivity index (χ4n) is 2.74. The molecule has 7 heteroatoms. The summed E-state index contributed by atoms with van der Waals surface area (Å²) >= 11 is 4.71. The maximum Gasteiger partial charge on any atom is 0.233 e. The number of hydrogen-bond donors (Lipinski definition) is 0. The van der Waals surface area contributed by atoms with Gasteiger partial charge in [0.2, 0.25) is 5.91 Å². The fraction of sp³-hybridized carbons (Fsp3) is 0.190. The van der Waals surface area contributed by atoms with Crippen LogP contribution in [-0.4, -0.2) is 33.6 Å². The van der Waals surface area contributed by atoms with E-state index in [9.17, 15) is 4.79 Å². The molecule has 0 aliphatic rings. The molecule has 0 saturated carbocycles. The van der Waals surface area contributed by atoms with E-state index in [0.717, 1.165) is 30.8 Å². The largest absolute Gasteiger partial charge is 0.336 e. The minimum Gasteiger partial charge on any atom is -0.336 e. The Morgan fingerprint density at radius 3 is 2.64 bits per heavy atom. The van der Waals surface area contributed by atoms with Gasteiger partial charge in [-0.05, 0) is 19.1 Å². The lowest BCUT2D eigenvalue weighted by atomic mass is 10.2. The lowest BCUT2D eigenvalue weighted by Gasteiger charge is -2.22. The van der Waals surface area contributed by atoms with Crippen LogP contribution in [0.3, 0.4) is 0 Å². The molecule has 1 atom stereocenters. The summed E-state index contributed by atoms with van der Waals surface area (Å²) in [5.41, 5.74) is 3.04. The van der Waals surface area contributed by atoms with Crippen molar-refractivity contribution in [3.63, 3.8) is 0 Å². The minimum absolute atomic E-state index is 0.0540. The molecule has 0 radical (unpaired) electrons. The molecular formula is C21H19N3OS3. The van der Waals surface area contributed by atoms with E-state index in [4.69, 9.17) is 0 Å². The van der Waals surface area contributed by atoms with Gasteiger partial charge in [0.25, 0.3) is 0 Å². The number of rotatable bonds is 6. The third-order valence-corrected chi connectivity index (χ3v) is 7.73. The fourth-order valence-corrected chi connectivity index (χ4v) is 5.56. The molecule has 0 aliphatic carbocycles. The van der Waals surface area contributed by atoms with Gasteiger partial charge in [0, 0.05) is 18.0 Å². The van der Waals surface area contributed by atoms with E-state index in [-0.39, 0.29) is 11.9 Å². The zero-order chi connectivity index (χ0) is 19.5. The lowest BCUT2D eigenvalue weighted by Crippen LogP contribution is -2.31. The summed E-state index contributed by atoms with van der Waals surface area (Å²) in [5.74, 6) is 0.446. The first kappa shape index (κ1) is 19.1. The Balaban J connectivity index is 1.38. The number of fused-ring (bicyclic) bond motifs is 1. The predicted molar refractivity (Wildman–Crippen MR) is 119 cm³/mol. The van der Waals surface area contributed by atoms with Crippen LogP contribution in [0.4, 0.5) is 0 Å². The van der Waals surface area contributed by atoms with Gasteiger partial charge in [-0.15, -0.1) is 22.7 Å². The molecule has 4 rings (SSSR count). The van der Waals surface area contributed by atoms with Crippen molar-refractivity contribution >= 4 is 50.6 Å². The van der Waals surface area contributed by atoms with Gasteiger partial charge in [-0.25, -0.2) is 9.97 Å². The van der Waals surface area contributed by atoms with Gasteiger partial charge < -0.3 is 4.90 Å². The first-order chi connectivity index (χ1) is 13.6. The number of carbonyl (C=O) groups excluding carboxylic acids is 1. The molecule has 0 saturated heterocycles. The number of hydrogen-bond acceptors (Lipinski definition) is 6. The van der Waals surface area contributed by atoms with Crippen LogP contribution in [0.5, 0.6) is 0 Å². The highest BCUT2D eigenvalue weighted by atomic mass is 32.2. The van der Waals surface area contributed by atoms with Gasteiger partial charge >= 0.3 is 0 Å². The highest BCUT2D eigenvalue weighted by Gasteiger charge is 2.21. The van der Waals surface area contributed by atoms with E-state index in [1.54, 1.807) is 27.6 Å². The first-order valence-electron chi connectivity index (χ1n) is 8.86. The second-order valence-electron chi connectivity index (χ2n) is 6.35. The quantitative estimate of drug-likeness (QED) is 0.370. The number of thioether (sulfide) groups is 1. The van der Waals surface area contributed by atoms with E-state index in [0.29, 0.717) is 5.75 Å². The van der Waals surface area contributed by atoms with Crippen molar-refractivity contribution < 1.29 is 4.79 Å². The van der Waals surface area contributed by atoms with Gasteiger partial charge in [-0.3, -0.25) is 4.79 Å². The Morgan fingerprint density at radius 1 is 1.11 bits per heavy atom. The maximum absolute atomic E-state index is 12.7. The average Bonchev–Trinajstić information content (AvgIpc) is 3.38. The summed E-state index contributed by atoms with van der Waals surface area (Å²) in [5, 5.41) is 3.00. The molecule has 142 valence electrons. The number of nitrogens with zero attached hydrogens (tertiary/aromatic N) is 3. The molecule has 1 amide bonds. The summed E-state index contributed by atoms with van der Waals surface area (Å²) in [7, 11) is 1.84. The summed E-state index contributed by atoms with van der Waals surface area (Å²) in [4.78, 5) is 23.8. The predicted octanol–water partition coefficient (Wildman–Crippen LogP) is 5.73. The highest BCUT2D eigenvalue weighted by molar-refractivity contribution is 8.01. The molecule has 28 heavy (non-hydrogen) atoms. The van der Waals surface area contributed by atoms with Crippen molar-refractivity contribution in [1.29, 1.82) is 0 Å². The minimum atomic E-state index is -0.0540. The Bertz CT molecular complexity index is 1060.